The number of ether oxygens (including phenoxy) is 4. The number of anilines is 2. The van der Waals surface area contributed by atoms with Crippen molar-refractivity contribution in [2.45, 2.75) is 56.6 Å². The van der Waals surface area contributed by atoms with E-state index in [1.54, 1.807) is 34.1 Å². The number of nitrogens with one attached hydrogen (secondary N) is 1. The molecule has 0 fully saturated rings. The molecular formula is C35H41BrN4O7Si. The summed E-state index contributed by atoms with van der Waals surface area (Å²) in [6, 6.07) is 14.6. The van der Waals surface area contributed by atoms with Crippen molar-refractivity contribution in [3.05, 3.63) is 89.3 Å². The quantitative estimate of drug-likeness (QED) is 0.0912. The molecule has 2 aromatic carbocycles. The Labute approximate surface area is 290 Å². The molecule has 3 heterocycles. The highest BCUT2D eigenvalue weighted by molar-refractivity contribution is 9.08. The number of hydrogen-bond donors (Lipinski definition) is 1. The first-order valence-electron chi connectivity index (χ1n) is 15.7. The Morgan fingerprint density at radius 1 is 1.10 bits per heavy atom. The third-order valence-electron chi connectivity index (χ3n) is 8.12. The number of carbonyl (C=O) groups is 3. The monoisotopic (exact) mass is 736 g/mol. The molecule has 1 aromatic heterocycles. The fraction of sp³-hybridized carbons (Fsp3) is 0.371. The summed E-state index contributed by atoms with van der Waals surface area (Å²) in [5, 5.41) is 3.32. The van der Waals surface area contributed by atoms with E-state index in [4.69, 9.17) is 18.9 Å². The summed E-state index contributed by atoms with van der Waals surface area (Å²) in [4.78, 5) is 48.6. The van der Waals surface area contributed by atoms with Crippen molar-refractivity contribution in [1.82, 2.24) is 9.88 Å². The molecule has 0 aliphatic carbocycles. The summed E-state index contributed by atoms with van der Waals surface area (Å²) in [6.07, 6.45) is 1.18. The second-order valence-electron chi connectivity index (χ2n) is 12.8. The van der Waals surface area contributed by atoms with Crippen LogP contribution in [0.5, 0.6) is 11.5 Å². The summed E-state index contributed by atoms with van der Waals surface area (Å²) in [6.45, 7) is 11.2. The molecule has 0 saturated heterocycles. The fourth-order valence-corrected chi connectivity index (χ4v) is 6.63. The molecule has 11 nitrogen and oxygen atoms in total. The van der Waals surface area contributed by atoms with Crippen LogP contribution in [0.4, 0.5) is 16.2 Å². The number of alkyl halides is 1. The van der Waals surface area contributed by atoms with Gasteiger partial charge in [0.1, 0.15) is 26.0 Å². The number of methoxy groups -OCH3 is 1. The van der Waals surface area contributed by atoms with E-state index in [0.717, 1.165) is 28.6 Å². The average Bonchev–Trinajstić information content (AvgIpc) is 3.15. The highest BCUT2D eigenvalue weighted by Gasteiger charge is 2.43. The lowest BCUT2D eigenvalue weighted by molar-refractivity contribution is -0.124. The van der Waals surface area contributed by atoms with Gasteiger partial charge in [-0.2, -0.15) is 0 Å². The Bertz CT molecular complexity index is 1700. The van der Waals surface area contributed by atoms with E-state index in [1.165, 1.54) is 13.2 Å². The molecule has 0 spiro atoms. The Balaban J connectivity index is 1.48. The molecule has 13 heteroatoms. The normalized spacial score (nSPS) is 15.6. The first kappa shape index (κ1) is 35.1. The third-order valence-corrected chi connectivity index (χ3v) is 10.4. The SMILES string of the molecule is C=CCOC(=O)Nc1ccc2c(c1)CN1C(=O)c3cc(OC)c(OCc4cccc(CBr)n4)cc3N(COCC[Si](C)(C)C)C(=O)[C@@H]1C2. The highest BCUT2D eigenvalue weighted by Crippen LogP contribution is 2.41. The molecule has 254 valence electrons. The molecule has 0 unspecified atom stereocenters. The van der Waals surface area contributed by atoms with Crippen molar-refractivity contribution in [2.24, 2.45) is 0 Å². The summed E-state index contributed by atoms with van der Waals surface area (Å²) in [5.74, 6) is 0.154. The highest BCUT2D eigenvalue weighted by atomic mass is 79.9. The maximum Gasteiger partial charge on any atom is 0.411 e. The van der Waals surface area contributed by atoms with Crippen molar-refractivity contribution < 1.29 is 33.3 Å². The summed E-state index contributed by atoms with van der Waals surface area (Å²) >= 11 is 3.44. The van der Waals surface area contributed by atoms with Crippen LogP contribution in [-0.2, 0) is 39.2 Å². The molecule has 2 aliphatic rings. The van der Waals surface area contributed by atoms with Crippen LogP contribution in [0.15, 0.2) is 61.2 Å². The number of carbonyl (C=O) groups excluding carboxylic acids is 3. The van der Waals surface area contributed by atoms with E-state index in [0.29, 0.717) is 46.8 Å². The lowest BCUT2D eigenvalue weighted by Crippen LogP contribution is -2.52. The number of halogens is 1. The Hall–Kier alpha value is -4.20. The van der Waals surface area contributed by atoms with E-state index in [-0.39, 0.29) is 38.3 Å². The van der Waals surface area contributed by atoms with Crippen LogP contribution in [0.3, 0.4) is 0 Å². The predicted molar refractivity (Wildman–Crippen MR) is 190 cm³/mol. The van der Waals surface area contributed by atoms with Gasteiger partial charge in [-0.25, -0.2) is 4.79 Å². The van der Waals surface area contributed by atoms with E-state index in [1.807, 2.05) is 24.3 Å². The number of benzene rings is 2. The van der Waals surface area contributed by atoms with Crippen molar-refractivity contribution in [3.63, 3.8) is 0 Å². The van der Waals surface area contributed by atoms with Crippen molar-refractivity contribution in [3.8, 4) is 11.5 Å². The van der Waals surface area contributed by atoms with E-state index in [9.17, 15) is 14.4 Å². The Morgan fingerprint density at radius 3 is 2.62 bits per heavy atom. The van der Waals surface area contributed by atoms with Gasteiger partial charge in [0.25, 0.3) is 11.8 Å². The van der Waals surface area contributed by atoms with Crippen LogP contribution in [-0.4, -0.2) is 69.0 Å². The standard InChI is InChI=1S/C35H41BrN4O7Si/c1-6-12-46-35(43)38-25-11-10-23-16-30-34(42)40(22-45-13-14-48(3,4)5)29-18-32(47-21-27-9-7-8-26(19-36)37-27)31(44-2)17-28(29)33(41)39(30)20-24(23)15-25/h6-11,15,17-18,30H,1,12-14,16,19-22H2,2-5H3,(H,38,43)/t30-/m0/s1. The number of rotatable bonds is 13. The minimum Gasteiger partial charge on any atom is -0.493 e. The Kier molecular flexibility index (Phi) is 11.2. The van der Waals surface area contributed by atoms with Crippen molar-refractivity contribution >= 4 is 53.3 Å². The van der Waals surface area contributed by atoms with Gasteiger partial charge in [-0.15, -0.1) is 0 Å². The number of pyridine rings is 1. The molecule has 5 rings (SSSR count). The second kappa shape index (κ2) is 15.3. The van der Waals surface area contributed by atoms with Crippen LogP contribution in [0, 0.1) is 0 Å². The molecule has 48 heavy (non-hydrogen) atoms. The lowest BCUT2D eigenvalue weighted by atomic mass is 9.92. The molecule has 3 amide bonds. The van der Waals surface area contributed by atoms with Crippen LogP contribution < -0.4 is 19.7 Å². The molecule has 3 aromatic rings. The Morgan fingerprint density at radius 2 is 1.90 bits per heavy atom. The van der Waals surface area contributed by atoms with Gasteiger partial charge in [0.2, 0.25) is 0 Å². The van der Waals surface area contributed by atoms with Gasteiger partial charge in [-0.1, -0.05) is 60.4 Å². The van der Waals surface area contributed by atoms with Gasteiger partial charge in [0.15, 0.2) is 11.5 Å². The fourth-order valence-electron chi connectivity index (χ4n) is 5.56. The zero-order valence-corrected chi connectivity index (χ0v) is 30.3. The topological polar surface area (TPSA) is 120 Å². The van der Waals surface area contributed by atoms with Crippen molar-refractivity contribution in [2.75, 3.05) is 37.3 Å². The minimum absolute atomic E-state index is 0.0168. The smallest absolute Gasteiger partial charge is 0.411 e. The van der Waals surface area contributed by atoms with Crippen LogP contribution in [0.25, 0.3) is 0 Å². The maximum absolute atomic E-state index is 14.4. The molecule has 1 atom stereocenters. The molecular weight excluding hydrogens is 696 g/mol. The zero-order chi connectivity index (χ0) is 34.4. The molecule has 2 aliphatic heterocycles. The van der Waals surface area contributed by atoms with Gasteiger partial charge >= 0.3 is 6.09 Å². The van der Waals surface area contributed by atoms with Gasteiger partial charge < -0.3 is 23.8 Å². The molecule has 0 saturated carbocycles. The maximum atomic E-state index is 14.4. The minimum atomic E-state index is -1.39. The third kappa shape index (κ3) is 8.26. The molecule has 0 bridgehead atoms. The average molecular weight is 738 g/mol. The number of amides is 3. The van der Waals surface area contributed by atoms with Crippen LogP contribution in [0.1, 0.15) is 32.9 Å². The zero-order valence-electron chi connectivity index (χ0n) is 27.7. The summed E-state index contributed by atoms with van der Waals surface area (Å²) in [7, 11) is 0.121. The lowest BCUT2D eigenvalue weighted by Gasteiger charge is -2.36. The second-order valence-corrected chi connectivity index (χ2v) is 19.0. The summed E-state index contributed by atoms with van der Waals surface area (Å²) < 4.78 is 23.1. The van der Waals surface area contributed by atoms with Gasteiger partial charge in [0, 0.05) is 44.7 Å². The van der Waals surface area contributed by atoms with Crippen LogP contribution in [0.2, 0.25) is 25.7 Å². The van der Waals surface area contributed by atoms with Gasteiger partial charge in [0.05, 0.1) is 29.7 Å². The number of fused-ring (bicyclic) bond motifs is 3. The van der Waals surface area contributed by atoms with Crippen LogP contribution >= 0.6 is 15.9 Å². The predicted octanol–water partition coefficient (Wildman–Crippen LogP) is 6.52. The largest absolute Gasteiger partial charge is 0.493 e. The first-order valence-corrected chi connectivity index (χ1v) is 20.6. The number of aromatic nitrogens is 1. The van der Waals surface area contributed by atoms with E-state index in [2.05, 4.69) is 52.5 Å². The number of hydrogen-bond acceptors (Lipinski definition) is 8. The van der Waals surface area contributed by atoms with E-state index >= 15 is 0 Å². The van der Waals surface area contributed by atoms with Gasteiger partial charge in [-0.05, 0) is 47.5 Å². The number of nitrogens with zero attached hydrogens (tertiary/aromatic N) is 3. The molecule has 1 N–H and O–H groups in total. The molecule has 0 radical (unpaired) electrons. The first-order chi connectivity index (χ1) is 23.0. The summed E-state index contributed by atoms with van der Waals surface area (Å²) in [5.41, 5.74) is 4.53. The van der Waals surface area contributed by atoms with Crippen molar-refractivity contribution in [1.29, 1.82) is 0 Å². The van der Waals surface area contributed by atoms with E-state index < -0.39 is 20.2 Å². The van der Waals surface area contributed by atoms with Gasteiger partial charge in [-0.3, -0.25) is 24.8 Å².